The lowest BCUT2D eigenvalue weighted by Crippen LogP contribution is -2.08. The number of halogens is 2. The summed E-state index contributed by atoms with van der Waals surface area (Å²) in [6.45, 7) is 2.36. The van der Waals surface area contributed by atoms with Gasteiger partial charge >= 0.3 is 0 Å². The van der Waals surface area contributed by atoms with Crippen LogP contribution in [0, 0.1) is 18.6 Å². The van der Waals surface area contributed by atoms with E-state index in [2.05, 4.69) is 9.98 Å². The molecule has 0 saturated heterocycles. The number of aromatic nitrogens is 2. The molecule has 0 aliphatic carbocycles. The molecule has 0 aliphatic heterocycles. The van der Waals surface area contributed by atoms with Crippen LogP contribution in [0.1, 0.15) is 41.3 Å². The summed E-state index contributed by atoms with van der Waals surface area (Å²) in [5.74, 6) is 0.248. The number of allylic oxidation sites excluding steroid dienone is 1. The Morgan fingerprint density at radius 1 is 1.17 bits per heavy atom. The second-order valence-corrected chi connectivity index (χ2v) is 7.16. The number of hydrogen-bond acceptors (Lipinski definition) is 3. The Kier molecular flexibility index (Phi) is 7.12. The first-order chi connectivity index (χ1) is 14.5. The molecule has 0 amide bonds. The Hall–Kier alpha value is -3.28. The largest absolute Gasteiger partial charge is 0.512 e. The van der Waals surface area contributed by atoms with E-state index in [1.165, 1.54) is 18.2 Å². The highest BCUT2D eigenvalue weighted by molar-refractivity contribution is 5.63. The maximum atomic E-state index is 13.8. The lowest BCUT2D eigenvalue weighted by molar-refractivity contribution is 0.411. The minimum atomic E-state index is -0.291. The molecule has 156 valence electrons. The topological polar surface area (TPSA) is 50.4 Å². The molecule has 0 bridgehead atoms. The van der Waals surface area contributed by atoms with Crippen LogP contribution in [0.3, 0.4) is 0 Å². The Labute approximate surface area is 175 Å². The van der Waals surface area contributed by atoms with Gasteiger partial charge < -0.3 is 14.7 Å². The molecule has 0 unspecified atom stereocenters. The van der Waals surface area contributed by atoms with Gasteiger partial charge in [0, 0.05) is 50.6 Å². The van der Waals surface area contributed by atoms with Crippen molar-refractivity contribution in [1.29, 1.82) is 0 Å². The fourth-order valence-electron chi connectivity index (χ4n) is 3.42. The van der Waals surface area contributed by atoms with Gasteiger partial charge in [-0.25, -0.2) is 13.8 Å². The Bertz CT molecular complexity index is 1040. The molecule has 1 heterocycles. The van der Waals surface area contributed by atoms with Crippen molar-refractivity contribution in [2.45, 2.75) is 32.2 Å². The van der Waals surface area contributed by atoms with Crippen molar-refractivity contribution in [2.75, 3.05) is 7.05 Å². The standard InChI is InChI=1S/C24H25F2N3O/c1-17-15-19(5-8-23(17)26)22(18-3-6-20(25)7-4-18)10-13-29-14-12-28-24(29)16-21(30)9-11-27-2/h3-8,11-12,14-16,22,30H,9-10,13H2,1-2H3/b21-16-,27-11?/t22-/m0/s1. The third-order valence-corrected chi connectivity index (χ3v) is 5.04. The van der Waals surface area contributed by atoms with E-state index in [0.717, 1.165) is 11.1 Å². The molecule has 4 nitrogen and oxygen atoms in total. The molecule has 0 aliphatic rings. The molecule has 1 aromatic heterocycles. The minimum Gasteiger partial charge on any atom is -0.512 e. The van der Waals surface area contributed by atoms with Gasteiger partial charge in [-0.1, -0.05) is 24.3 Å². The summed E-state index contributed by atoms with van der Waals surface area (Å²) in [4.78, 5) is 8.17. The van der Waals surface area contributed by atoms with Gasteiger partial charge in [0.1, 0.15) is 23.2 Å². The quantitative estimate of drug-likeness (QED) is 0.384. The lowest BCUT2D eigenvalue weighted by atomic mass is 9.87. The zero-order chi connectivity index (χ0) is 21.5. The molecule has 0 spiro atoms. The van der Waals surface area contributed by atoms with Gasteiger partial charge in [0.2, 0.25) is 0 Å². The van der Waals surface area contributed by atoms with E-state index >= 15 is 0 Å². The van der Waals surface area contributed by atoms with Gasteiger partial charge in [0.05, 0.1) is 0 Å². The molecule has 30 heavy (non-hydrogen) atoms. The third kappa shape index (κ3) is 5.41. The molecule has 0 radical (unpaired) electrons. The third-order valence-electron chi connectivity index (χ3n) is 5.04. The predicted octanol–water partition coefficient (Wildman–Crippen LogP) is 5.68. The number of aryl methyl sites for hydroxylation is 2. The van der Waals surface area contributed by atoms with Gasteiger partial charge in [-0.2, -0.15) is 0 Å². The molecular weight excluding hydrogens is 384 g/mol. The van der Waals surface area contributed by atoms with Gasteiger partial charge in [-0.15, -0.1) is 0 Å². The van der Waals surface area contributed by atoms with E-state index in [4.69, 9.17) is 0 Å². The van der Waals surface area contributed by atoms with Crippen LogP contribution in [0.5, 0.6) is 0 Å². The fourth-order valence-corrected chi connectivity index (χ4v) is 3.42. The lowest BCUT2D eigenvalue weighted by Gasteiger charge is -2.20. The SMILES string of the molecule is CN=CC/C(O)=C/c1nccn1CC[C@@H](c1ccc(F)cc1)c1ccc(F)c(C)c1. The van der Waals surface area contributed by atoms with E-state index in [1.54, 1.807) is 50.7 Å². The zero-order valence-electron chi connectivity index (χ0n) is 17.1. The summed E-state index contributed by atoms with van der Waals surface area (Å²) in [7, 11) is 1.65. The number of aliphatic hydroxyl groups is 1. The van der Waals surface area contributed by atoms with Crippen molar-refractivity contribution in [1.82, 2.24) is 9.55 Å². The predicted molar refractivity (Wildman–Crippen MR) is 116 cm³/mol. The molecule has 0 saturated carbocycles. The second-order valence-electron chi connectivity index (χ2n) is 7.16. The van der Waals surface area contributed by atoms with E-state index < -0.39 is 0 Å². The summed E-state index contributed by atoms with van der Waals surface area (Å²) in [5.41, 5.74) is 2.51. The number of hydrogen-bond donors (Lipinski definition) is 1. The highest BCUT2D eigenvalue weighted by Crippen LogP contribution is 2.30. The van der Waals surface area contributed by atoms with Crippen LogP contribution >= 0.6 is 0 Å². The molecule has 2 aromatic carbocycles. The zero-order valence-corrected chi connectivity index (χ0v) is 17.1. The highest BCUT2D eigenvalue weighted by Gasteiger charge is 2.16. The summed E-state index contributed by atoms with van der Waals surface area (Å²) in [6.07, 6.45) is 7.82. The molecule has 0 fully saturated rings. The van der Waals surface area contributed by atoms with Crippen molar-refractivity contribution in [3.63, 3.8) is 0 Å². The van der Waals surface area contributed by atoms with Crippen molar-refractivity contribution in [2.24, 2.45) is 4.99 Å². The van der Waals surface area contributed by atoms with Gasteiger partial charge in [-0.05, 0) is 48.2 Å². The first-order valence-electron chi connectivity index (χ1n) is 9.80. The maximum absolute atomic E-state index is 13.8. The highest BCUT2D eigenvalue weighted by atomic mass is 19.1. The summed E-state index contributed by atoms with van der Waals surface area (Å²) in [5, 5.41) is 10.0. The van der Waals surface area contributed by atoms with E-state index in [1.807, 2.05) is 16.8 Å². The van der Waals surface area contributed by atoms with Crippen LogP contribution in [-0.2, 0) is 6.54 Å². The van der Waals surface area contributed by atoms with Crippen LogP contribution in [-0.4, -0.2) is 27.9 Å². The summed E-state index contributed by atoms with van der Waals surface area (Å²) in [6, 6.07) is 11.5. The number of benzene rings is 2. The van der Waals surface area contributed by atoms with E-state index in [9.17, 15) is 13.9 Å². The maximum Gasteiger partial charge on any atom is 0.135 e. The first kappa shape index (κ1) is 21.4. The Morgan fingerprint density at radius 2 is 1.90 bits per heavy atom. The van der Waals surface area contributed by atoms with E-state index in [0.29, 0.717) is 30.8 Å². The number of aliphatic hydroxyl groups excluding tert-OH is 1. The number of nitrogens with zero attached hydrogens (tertiary/aromatic N) is 3. The van der Waals surface area contributed by atoms with Crippen LogP contribution < -0.4 is 0 Å². The molecular formula is C24H25F2N3O. The van der Waals surface area contributed by atoms with Crippen LogP contribution in [0.4, 0.5) is 8.78 Å². The number of aliphatic imine (C=N–C) groups is 1. The van der Waals surface area contributed by atoms with Crippen molar-refractivity contribution in [3.05, 3.63) is 94.8 Å². The van der Waals surface area contributed by atoms with E-state index in [-0.39, 0.29) is 23.3 Å². The van der Waals surface area contributed by atoms with Gasteiger partial charge in [0.25, 0.3) is 0 Å². The average Bonchev–Trinajstić information content (AvgIpc) is 3.17. The molecule has 3 rings (SSSR count). The number of rotatable bonds is 8. The van der Waals surface area contributed by atoms with Crippen LogP contribution in [0.25, 0.3) is 6.08 Å². The molecule has 6 heteroatoms. The second kappa shape index (κ2) is 9.96. The van der Waals surface area contributed by atoms with Crippen LogP contribution in [0.15, 0.2) is 65.6 Å². The smallest absolute Gasteiger partial charge is 0.135 e. The summed E-state index contributed by atoms with van der Waals surface area (Å²) < 4.78 is 29.2. The van der Waals surface area contributed by atoms with Crippen molar-refractivity contribution >= 4 is 12.3 Å². The molecule has 1 atom stereocenters. The van der Waals surface area contributed by atoms with Gasteiger partial charge in [0.15, 0.2) is 0 Å². The number of imidazole rings is 1. The van der Waals surface area contributed by atoms with Crippen molar-refractivity contribution < 1.29 is 13.9 Å². The normalized spacial score (nSPS) is 13.1. The first-order valence-corrected chi connectivity index (χ1v) is 9.80. The van der Waals surface area contributed by atoms with Crippen LogP contribution in [0.2, 0.25) is 0 Å². The van der Waals surface area contributed by atoms with Crippen molar-refractivity contribution in [3.8, 4) is 0 Å². The fraction of sp³-hybridized carbons (Fsp3) is 0.250. The van der Waals surface area contributed by atoms with Gasteiger partial charge in [-0.3, -0.25) is 0 Å². The summed E-state index contributed by atoms with van der Waals surface area (Å²) >= 11 is 0. The molecule has 1 N–H and O–H groups in total. The Morgan fingerprint density at radius 3 is 2.60 bits per heavy atom. The monoisotopic (exact) mass is 409 g/mol. The average molecular weight is 409 g/mol. The Balaban J connectivity index is 1.85. The minimum absolute atomic E-state index is 0.0371. The molecule has 3 aromatic rings.